The lowest BCUT2D eigenvalue weighted by atomic mass is 9.89. The van der Waals surface area contributed by atoms with Crippen LogP contribution in [0.25, 0.3) is 0 Å². The molecule has 1 aliphatic heterocycles. The Morgan fingerprint density at radius 2 is 1.62 bits per heavy atom. The topological polar surface area (TPSA) is 44.1 Å². The molecule has 24 heavy (non-hydrogen) atoms. The quantitative estimate of drug-likeness (QED) is 0.767. The molecule has 0 aliphatic carbocycles. The molecule has 1 fully saturated rings. The molecule has 3 nitrogen and oxygen atoms in total. The second-order valence-electron chi connectivity index (χ2n) is 5.96. The Balaban J connectivity index is 1.66. The zero-order valence-corrected chi connectivity index (χ0v) is 14.5. The standard InChI is InChI=1S/C19H16Cl2N2O/c20-17-9-16(10-18(21)11-17)19(24)23-7-5-15(6-8-23)14-3-1-13(12-22)2-4-14/h1-4,9-11,15H,5-8H2. The molecule has 122 valence electrons. The van der Waals surface area contributed by atoms with Crippen LogP contribution in [0.3, 0.4) is 0 Å². The van der Waals surface area contributed by atoms with Gasteiger partial charge in [-0.3, -0.25) is 4.79 Å². The molecule has 2 aromatic carbocycles. The van der Waals surface area contributed by atoms with Crippen molar-refractivity contribution in [2.75, 3.05) is 13.1 Å². The average Bonchev–Trinajstić information content (AvgIpc) is 2.60. The van der Waals surface area contributed by atoms with Crippen LogP contribution >= 0.6 is 23.2 Å². The molecule has 5 heteroatoms. The number of benzene rings is 2. The molecule has 1 amide bonds. The summed E-state index contributed by atoms with van der Waals surface area (Å²) in [6.45, 7) is 1.40. The molecule has 1 heterocycles. The Morgan fingerprint density at radius 1 is 1.04 bits per heavy atom. The highest BCUT2D eigenvalue weighted by Crippen LogP contribution is 2.29. The third-order valence-electron chi connectivity index (χ3n) is 4.40. The Hall–Kier alpha value is -2.02. The molecular formula is C19H16Cl2N2O. The Bertz CT molecular complexity index is 768. The lowest BCUT2D eigenvalue weighted by Crippen LogP contribution is -2.37. The molecule has 1 saturated heterocycles. The Labute approximate surface area is 151 Å². The van der Waals surface area contributed by atoms with Crippen molar-refractivity contribution in [2.24, 2.45) is 0 Å². The first-order chi connectivity index (χ1) is 11.6. The highest BCUT2D eigenvalue weighted by Gasteiger charge is 2.24. The number of piperidine rings is 1. The fraction of sp³-hybridized carbons (Fsp3) is 0.263. The van der Waals surface area contributed by atoms with Crippen LogP contribution in [0.2, 0.25) is 10.0 Å². The van der Waals surface area contributed by atoms with E-state index in [1.54, 1.807) is 18.2 Å². The second kappa shape index (κ2) is 7.25. The normalized spacial score (nSPS) is 15.1. The number of nitrogens with zero attached hydrogens (tertiary/aromatic N) is 2. The van der Waals surface area contributed by atoms with Gasteiger partial charge in [-0.15, -0.1) is 0 Å². The van der Waals surface area contributed by atoms with Gasteiger partial charge in [0.1, 0.15) is 0 Å². The number of amides is 1. The summed E-state index contributed by atoms with van der Waals surface area (Å²) in [5.74, 6) is 0.391. The summed E-state index contributed by atoms with van der Waals surface area (Å²) in [6.07, 6.45) is 1.82. The SMILES string of the molecule is N#Cc1ccc(C2CCN(C(=O)c3cc(Cl)cc(Cl)c3)CC2)cc1. The lowest BCUT2D eigenvalue weighted by Gasteiger charge is -2.32. The first-order valence-electron chi connectivity index (χ1n) is 7.82. The van der Waals surface area contributed by atoms with E-state index < -0.39 is 0 Å². The van der Waals surface area contributed by atoms with Crippen LogP contribution in [0, 0.1) is 11.3 Å². The first kappa shape index (κ1) is 16.8. The van der Waals surface area contributed by atoms with Gasteiger partial charge in [-0.1, -0.05) is 35.3 Å². The van der Waals surface area contributed by atoms with Gasteiger partial charge >= 0.3 is 0 Å². The fourth-order valence-corrected chi connectivity index (χ4v) is 3.63. The minimum Gasteiger partial charge on any atom is -0.339 e. The van der Waals surface area contributed by atoms with Crippen LogP contribution in [0.4, 0.5) is 0 Å². The molecule has 1 aliphatic rings. The number of nitriles is 1. The van der Waals surface area contributed by atoms with Crippen molar-refractivity contribution in [3.63, 3.8) is 0 Å². The predicted octanol–water partition coefficient (Wildman–Crippen LogP) is 4.88. The van der Waals surface area contributed by atoms with Crippen molar-refractivity contribution in [1.29, 1.82) is 5.26 Å². The van der Waals surface area contributed by atoms with Gasteiger partial charge in [0.15, 0.2) is 0 Å². The van der Waals surface area contributed by atoms with E-state index in [9.17, 15) is 4.79 Å². The van der Waals surface area contributed by atoms with Crippen molar-refractivity contribution in [2.45, 2.75) is 18.8 Å². The third-order valence-corrected chi connectivity index (χ3v) is 4.84. The first-order valence-corrected chi connectivity index (χ1v) is 8.58. The van der Waals surface area contributed by atoms with Crippen molar-refractivity contribution < 1.29 is 4.79 Å². The summed E-state index contributed by atoms with van der Waals surface area (Å²) < 4.78 is 0. The summed E-state index contributed by atoms with van der Waals surface area (Å²) in [5.41, 5.74) is 2.43. The molecule has 0 radical (unpaired) electrons. The number of carbonyl (C=O) groups is 1. The van der Waals surface area contributed by atoms with Gasteiger partial charge in [0, 0.05) is 28.7 Å². The van der Waals surface area contributed by atoms with E-state index in [0.29, 0.717) is 40.2 Å². The molecule has 0 aromatic heterocycles. The molecule has 0 N–H and O–H groups in total. The van der Waals surface area contributed by atoms with Gasteiger partial charge < -0.3 is 4.90 Å². The van der Waals surface area contributed by atoms with Crippen LogP contribution in [0.1, 0.15) is 40.2 Å². The minimum absolute atomic E-state index is 0.0299. The zero-order chi connectivity index (χ0) is 17.1. The van der Waals surface area contributed by atoms with E-state index >= 15 is 0 Å². The van der Waals surface area contributed by atoms with E-state index in [-0.39, 0.29) is 5.91 Å². The zero-order valence-electron chi connectivity index (χ0n) is 13.0. The number of hydrogen-bond acceptors (Lipinski definition) is 2. The molecular weight excluding hydrogens is 343 g/mol. The largest absolute Gasteiger partial charge is 0.339 e. The Morgan fingerprint density at radius 3 is 2.17 bits per heavy atom. The highest BCUT2D eigenvalue weighted by atomic mass is 35.5. The second-order valence-corrected chi connectivity index (χ2v) is 6.83. The minimum atomic E-state index is -0.0299. The van der Waals surface area contributed by atoms with Crippen LogP contribution < -0.4 is 0 Å². The number of likely N-dealkylation sites (tertiary alicyclic amines) is 1. The van der Waals surface area contributed by atoms with Gasteiger partial charge in [-0.05, 0) is 54.7 Å². The number of rotatable bonds is 2. The molecule has 0 bridgehead atoms. The molecule has 3 rings (SSSR count). The third kappa shape index (κ3) is 3.72. The van der Waals surface area contributed by atoms with Gasteiger partial charge in [-0.2, -0.15) is 5.26 Å². The highest BCUT2D eigenvalue weighted by molar-refractivity contribution is 6.35. The van der Waals surface area contributed by atoms with Crippen LogP contribution in [-0.4, -0.2) is 23.9 Å². The smallest absolute Gasteiger partial charge is 0.253 e. The van der Waals surface area contributed by atoms with Crippen LogP contribution in [-0.2, 0) is 0 Å². The van der Waals surface area contributed by atoms with E-state index in [0.717, 1.165) is 12.8 Å². The fourth-order valence-electron chi connectivity index (χ4n) is 3.11. The maximum Gasteiger partial charge on any atom is 0.253 e. The maximum atomic E-state index is 12.6. The van der Waals surface area contributed by atoms with Crippen molar-refractivity contribution in [1.82, 2.24) is 4.90 Å². The number of carbonyl (C=O) groups excluding carboxylic acids is 1. The molecule has 2 aromatic rings. The van der Waals surface area contributed by atoms with Gasteiger partial charge in [0.05, 0.1) is 11.6 Å². The van der Waals surface area contributed by atoms with Crippen molar-refractivity contribution in [3.05, 3.63) is 69.2 Å². The summed E-state index contributed by atoms with van der Waals surface area (Å²) in [7, 11) is 0. The maximum absolute atomic E-state index is 12.6. The van der Waals surface area contributed by atoms with Crippen molar-refractivity contribution in [3.8, 4) is 6.07 Å². The van der Waals surface area contributed by atoms with Crippen LogP contribution in [0.15, 0.2) is 42.5 Å². The predicted molar refractivity (Wildman–Crippen MR) is 95.5 cm³/mol. The summed E-state index contributed by atoms with van der Waals surface area (Å²) >= 11 is 12.0. The van der Waals surface area contributed by atoms with E-state index in [2.05, 4.69) is 6.07 Å². The van der Waals surface area contributed by atoms with E-state index in [1.165, 1.54) is 5.56 Å². The summed E-state index contributed by atoms with van der Waals surface area (Å²) in [5, 5.41) is 9.81. The lowest BCUT2D eigenvalue weighted by molar-refractivity contribution is 0.0713. The number of hydrogen-bond donors (Lipinski definition) is 0. The van der Waals surface area contributed by atoms with E-state index in [1.807, 2.05) is 29.2 Å². The van der Waals surface area contributed by atoms with Crippen molar-refractivity contribution >= 4 is 29.1 Å². The Kier molecular flexibility index (Phi) is 5.08. The number of halogens is 2. The van der Waals surface area contributed by atoms with Gasteiger partial charge in [-0.25, -0.2) is 0 Å². The van der Waals surface area contributed by atoms with E-state index in [4.69, 9.17) is 28.5 Å². The molecule has 0 unspecified atom stereocenters. The molecule has 0 spiro atoms. The van der Waals surface area contributed by atoms with Gasteiger partial charge in [0.2, 0.25) is 0 Å². The average molecular weight is 359 g/mol. The monoisotopic (exact) mass is 358 g/mol. The molecule has 0 saturated carbocycles. The summed E-state index contributed by atoms with van der Waals surface area (Å²) in [4.78, 5) is 14.5. The molecule has 0 atom stereocenters. The van der Waals surface area contributed by atoms with Gasteiger partial charge in [0.25, 0.3) is 5.91 Å². The summed E-state index contributed by atoms with van der Waals surface area (Å²) in [6, 6.07) is 14.8. The van der Waals surface area contributed by atoms with Crippen LogP contribution in [0.5, 0.6) is 0 Å².